The van der Waals surface area contributed by atoms with Crippen LogP contribution >= 0.6 is 24.2 Å². The number of nitrogens with one attached hydrogen (secondary N) is 1. The minimum Gasteiger partial charge on any atom is -0.337 e. The van der Waals surface area contributed by atoms with Gasteiger partial charge < -0.3 is 16.0 Å². The lowest BCUT2D eigenvalue weighted by atomic mass is 10.1. The summed E-state index contributed by atoms with van der Waals surface area (Å²) in [4.78, 5) is 27.8. The molecule has 0 saturated carbocycles. The normalized spacial score (nSPS) is 16.2. The van der Waals surface area contributed by atoms with Crippen LogP contribution in [0.1, 0.15) is 28.8 Å². The molecule has 0 bridgehead atoms. The van der Waals surface area contributed by atoms with Gasteiger partial charge in [0.25, 0.3) is 5.91 Å². The van der Waals surface area contributed by atoms with Gasteiger partial charge in [0, 0.05) is 29.7 Å². The van der Waals surface area contributed by atoms with Crippen LogP contribution in [0.5, 0.6) is 0 Å². The molecule has 1 unspecified atom stereocenters. The zero-order valence-electron chi connectivity index (χ0n) is 15.9. The van der Waals surface area contributed by atoms with Gasteiger partial charge >= 0.3 is 0 Å². The van der Waals surface area contributed by atoms with Gasteiger partial charge in [-0.25, -0.2) is 0 Å². The number of halogens is 1. The number of anilines is 1. The van der Waals surface area contributed by atoms with Gasteiger partial charge in [-0.1, -0.05) is 29.8 Å². The number of likely N-dealkylation sites (tertiary alicyclic amines) is 1. The first kappa shape index (κ1) is 22.3. The summed E-state index contributed by atoms with van der Waals surface area (Å²) in [7, 11) is 0. The number of nitrogens with two attached hydrogens (primary N) is 1. The number of carbonyl (C=O) groups is 2. The highest BCUT2D eigenvalue weighted by molar-refractivity contribution is 8.00. The standard InChI is InChI=1S/C21H25N3O2S.ClH/c1-15-8-10-17(11-9-15)23-20(25)14-27-19-7-3-2-6-18(19)21(26)24-12-4-5-16(22)13-24;/h2-3,6-11,16H,4-5,12-14,22H2,1H3,(H,23,25);1H. The number of rotatable bonds is 5. The second-order valence-electron chi connectivity index (χ2n) is 6.85. The highest BCUT2D eigenvalue weighted by atomic mass is 35.5. The number of benzene rings is 2. The zero-order chi connectivity index (χ0) is 19.2. The van der Waals surface area contributed by atoms with Crippen molar-refractivity contribution in [1.29, 1.82) is 0 Å². The van der Waals surface area contributed by atoms with Crippen LogP contribution in [0.4, 0.5) is 5.69 Å². The molecule has 1 fully saturated rings. The van der Waals surface area contributed by atoms with Crippen LogP contribution in [0.3, 0.4) is 0 Å². The molecule has 1 atom stereocenters. The monoisotopic (exact) mass is 419 g/mol. The molecule has 1 aliphatic heterocycles. The Balaban J connectivity index is 0.00000280. The summed E-state index contributed by atoms with van der Waals surface area (Å²) in [6, 6.07) is 15.2. The van der Waals surface area contributed by atoms with E-state index in [1.807, 2.05) is 60.4 Å². The molecule has 0 radical (unpaired) electrons. The van der Waals surface area contributed by atoms with Crippen LogP contribution in [0, 0.1) is 6.92 Å². The molecule has 1 saturated heterocycles. The number of nitrogens with zero attached hydrogens (tertiary/aromatic N) is 1. The van der Waals surface area contributed by atoms with E-state index >= 15 is 0 Å². The third kappa shape index (κ3) is 5.99. The Hall–Kier alpha value is -2.02. The fourth-order valence-corrected chi connectivity index (χ4v) is 3.96. The molecule has 3 N–H and O–H groups in total. The van der Waals surface area contributed by atoms with E-state index in [0.717, 1.165) is 35.5 Å². The van der Waals surface area contributed by atoms with Crippen LogP contribution < -0.4 is 11.1 Å². The van der Waals surface area contributed by atoms with Crippen LogP contribution in [0.2, 0.25) is 0 Å². The highest BCUT2D eigenvalue weighted by Gasteiger charge is 2.24. The van der Waals surface area contributed by atoms with E-state index in [9.17, 15) is 9.59 Å². The summed E-state index contributed by atoms with van der Waals surface area (Å²) in [5.41, 5.74) is 8.57. The fourth-order valence-electron chi connectivity index (χ4n) is 3.11. The van der Waals surface area contributed by atoms with Crippen LogP contribution in [0.25, 0.3) is 0 Å². The number of piperidine rings is 1. The Labute approximate surface area is 176 Å². The van der Waals surface area contributed by atoms with Crippen molar-refractivity contribution in [2.45, 2.75) is 30.7 Å². The maximum Gasteiger partial charge on any atom is 0.255 e. The van der Waals surface area contributed by atoms with Crippen molar-refractivity contribution in [2.24, 2.45) is 5.73 Å². The first-order chi connectivity index (χ1) is 13.0. The Kier molecular flexibility index (Phi) is 8.35. The predicted molar refractivity (Wildman–Crippen MR) is 117 cm³/mol. The third-order valence-electron chi connectivity index (χ3n) is 4.56. The average Bonchev–Trinajstić information content (AvgIpc) is 2.68. The largest absolute Gasteiger partial charge is 0.337 e. The van der Waals surface area contributed by atoms with Gasteiger partial charge in [-0.2, -0.15) is 0 Å². The number of thioether (sulfide) groups is 1. The quantitative estimate of drug-likeness (QED) is 0.724. The van der Waals surface area contributed by atoms with Crippen molar-refractivity contribution in [3.05, 3.63) is 59.7 Å². The molecule has 1 heterocycles. The van der Waals surface area contributed by atoms with Crippen LogP contribution in [-0.2, 0) is 4.79 Å². The number of hydrogen-bond donors (Lipinski definition) is 2. The van der Waals surface area contributed by atoms with Crippen molar-refractivity contribution in [3.8, 4) is 0 Å². The van der Waals surface area contributed by atoms with Gasteiger partial charge in [0.15, 0.2) is 0 Å². The third-order valence-corrected chi connectivity index (χ3v) is 5.63. The minimum absolute atomic E-state index is 0. The molecule has 7 heteroatoms. The van der Waals surface area contributed by atoms with Gasteiger partial charge in [0.1, 0.15) is 0 Å². The van der Waals surface area contributed by atoms with Crippen molar-refractivity contribution >= 4 is 41.7 Å². The lowest BCUT2D eigenvalue weighted by molar-refractivity contribution is -0.113. The van der Waals surface area contributed by atoms with E-state index in [0.29, 0.717) is 12.1 Å². The predicted octanol–water partition coefficient (Wildman–Crippen LogP) is 3.71. The van der Waals surface area contributed by atoms with Crippen molar-refractivity contribution in [1.82, 2.24) is 4.90 Å². The average molecular weight is 420 g/mol. The lowest BCUT2D eigenvalue weighted by Crippen LogP contribution is -2.45. The van der Waals surface area contributed by atoms with Gasteiger partial charge in [0.05, 0.1) is 11.3 Å². The SMILES string of the molecule is Cc1ccc(NC(=O)CSc2ccccc2C(=O)N2CCCC(N)C2)cc1.Cl. The first-order valence-corrected chi connectivity index (χ1v) is 10.1. The Morgan fingerprint density at radius 2 is 1.89 bits per heavy atom. The number of carbonyl (C=O) groups excluding carboxylic acids is 2. The lowest BCUT2D eigenvalue weighted by Gasteiger charge is -2.31. The molecule has 5 nitrogen and oxygen atoms in total. The molecule has 150 valence electrons. The van der Waals surface area contributed by atoms with Gasteiger partial charge in [-0.05, 0) is 44.0 Å². The number of amides is 2. The molecule has 1 aliphatic rings. The Bertz CT molecular complexity index is 814. The van der Waals surface area contributed by atoms with Crippen LogP contribution in [-0.4, -0.2) is 41.6 Å². The first-order valence-electron chi connectivity index (χ1n) is 9.16. The molecular weight excluding hydrogens is 394 g/mol. The molecule has 28 heavy (non-hydrogen) atoms. The van der Waals surface area contributed by atoms with Crippen LogP contribution in [0.15, 0.2) is 53.4 Å². The van der Waals surface area contributed by atoms with Crippen molar-refractivity contribution in [3.63, 3.8) is 0 Å². The Morgan fingerprint density at radius 3 is 2.61 bits per heavy atom. The van der Waals surface area contributed by atoms with E-state index in [2.05, 4.69) is 5.32 Å². The molecule has 2 aromatic rings. The fraction of sp³-hybridized carbons (Fsp3) is 0.333. The van der Waals surface area contributed by atoms with Gasteiger partial charge in [-0.15, -0.1) is 24.2 Å². The van der Waals surface area contributed by atoms with E-state index in [1.165, 1.54) is 11.8 Å². The summed E-state index contributed by atoms with van der Waals surface area (Å²) in [5.74, 6) is 0.149. The minimum atomic E-state index is -0.0916. The smallest absolute Gasteiger partial charge is 0.255 e. The van der Waals surface area contributed by atoms with E-state index < -0.39 is 0 Å². The van der Waals surface area contributed by atoms with E-state index in [1.54, 1.807) is 0 Å². The van der Waals surface area contributed by atoms with Crippen molar-refractivity contribution < 1.29 is 9.59 Å². The van der Waals surface area contributed by atoms with E-state index in [4.69, 9.17) is 5.73 Å². The van der Waals surface area contributed by atoms with Gasteiger partial charge in [-0.3, -0.25) is 9.59 Å². The van der Waals surface area contributed by atoms with E-state index in [-0.39, 0.29) is 36.0 Å². The maximum absolute atomic E-state index is 12.9. The number of aryl methyl sites for hydroxylation is 1. The summed E-state index contributed by atoms with van der Waals surface area (Å²) < 4.78 is 0. The number of hydrogen-bond acceptors (Lipinski definition) is 4. The molecule has 2 aromatic carbocycles. The molecule has 3 rings (SSSR count). The van der Waals surface area contributed by atoms with Gasteiger partial charge in [0.2, 0.25) is 5.91 Å². The second-order valence-corrected chi connectivity index (χ2v) is 7.87. The zero-order valence-corrected chi connectivity index (χ0v) is 17.5. The summed E-state index contributed by atoms with van der Waals surface area (Å²) in [6.45, 7) is 3.33. The summed E-state index contributed by atoms with van der Waals surface area (Å²) in [6.07, 6.45) is 1.89. The Morgan fingerprint density at radius 1 is 1.18 bits per heavy atom. The topological polar surface area (TPSA) is 75.4 Å². The highest BCUT2D eigenvalue weighted by Crippen LogP contribution is 2.25. The molecule has 0 aromatic heterocycles. The molecular formula is C21H26ClN3O2S. The molecule has 0 spiro atoms. The summed E-state index contributed by atoms with van der Waals surface area (Å²) in [5, 5.41) is 2.89. The van der Waals surface area contributed by atoms with Crippen molar-refractivity contribution in [2.75, 3.05) is 24.2 Å². The maximum atomic E-state index is 12.9. The second kappa shape index (κ2) is 10.5. The molecule has 0 aliphatic carbocycles. The molecule has 2 amide bonds. The summed E-state index contributed by atoms with van der Waals surface area (Å²) >= 11 is 1.38.